The first kappa shape index (κ1) is 17.0. The fourth-order valence-electron chi connectivity index (χ4n) is 2.81. The molecule has 0 bridgehead atoms. The molecule has 7 heteroatoms. The number of hydrogen-bond donors (Lipinski definition) is 0. The van der Waals surface area contributed by atoms with Crippen molar-refractivity contribution in [2.24, 2.45) is 0 Å². The summed E-state index contributed by atoms with van der Waals surface area (Å²) in [7, 11) is 0. The maximum Gasteiger partial charge on any atom is 0.377 e. The van der Waals surface area contributed by atoms with E-state index >= 15 is 0 Å². The van der Waals surface area contributed by atoms with E-state index in [2.05, 4.69) is 22.2 Å². The van der Waals surface area contributed by atoms with E-state index in [1.54, 1.807) is 18.7 Å². The van der Waals surface area contributed by atoms with Gasteiger partial charge in [-0.25, -0.2) is 4.79 Å². The number of amides is 1. The maximum atomic E-state index is 12.5. The van der Waals surface area contributed by atoms with Gasteiger partial charge in [-0.2, -0.15) is 0 Å². The standard InChI is InChI=1S/C18H21N3O4/c1-13-12-16(25-19-13)18(23)24-14(2)17(22)21-10-8-20(9-11-21)15-6-4-3-5-7-15/h3-7,12,14H,8-11H2,1-2H3/t14-/m0/s1. The summed E-state index contributed by atoms with van der Waals surface area (Å²) in [4.78, 5) is 28.4. The Balaban J connectivity index is 1.52. The number of carbonyl (C=O) groups excluding carboxylic acids is 2. The Hall–Kier alpha value is -2.83. The van der Waals surface area contributed by atoms with Gasteiger partial charge in [0, 0.05) is 37.9 Å². The van der Waals surface area contributed by atoms with Crippen LogP contribution in [0.2, 0.25) is 0 Å². The van der Waals surface area contributed by atoms with Crippen molar-refractivity contribution in [2.75, 3.05) is 31.1 Å². The lowest BCUT2D eigenvalue weighted by Crippen LogP contribution is -2.51. The van der Waals surface area contributed by atoms with Crippen LogP contribution in [-0.2, 0) is 9.53 Å². The Morgan fingerprint density at radius 2 is 1.84 bits per heavy atom. The predicted octanol–water partition coefficient (Wildman–Crippen LogP) is 1.88. The second-order valence-electron chi connectivity index (χ2n) is 6.03. The van der Waals surface area contributed by atoms with Gasteiger partial charge in [0.05, 0.1) is 5.69 Å². The zero-order valence-corrected chi connectivity index (χ0v) is 14.3. The van der Waals surface area contributed by atoms with Crippen LogP contribution in [0.3, 0.4) is 0 Å². The molecule has 2 heterocycles. The topological polar surface area (TPSA) is 75.9 Å². The van der Waals surface area contributed by atoms with Gasteiger partial charge in [0.25, 0.3) is 5.91 Å². The zero-order chi connectivity index (χ0) is 17.8. The smallest absolute Gasteiger partial charge is 0.377 e. The zero-order valence-electron chi connectivity index (χ0n) is 14.3. The van der Waals surface area contributed by atoms with Gasteiger partial charge in [-0.1, -0.05) is 23.4 Å². The lowest BCUT2D eigenvalue weighted by Gasteiger charge is -2.36. The van der Waals surface area contributed by atoms with Crippen molar-refractivity contribution in [3.63, 3.8) is 0 Å². The minimum absolute atomic E-state index is 0.00560. The molecule has 1 aliphatic rings. The highest BCUT2D eigenvalue weighted by molar-refractivity contribution is 5.90. The lowest BCUT2D eigenvalue weighted by molar-refractivity contribution is -0.140. The van der Waals surface area contributed by atoms with Gasteiger partial charge in [0.1, 0.15) is 0 Å². The van der Waals surface area contributed by atoms with Crippen LogP contribution < -0.4 is 4.90 Å². The van der Waals surface area contributed by atoms with E-state index in [1.807, 2.05) is 18.2 Å². The number of piperazine rings is 1. The van der Waals surface area contributed by atoms with E-state index in [-0.39, 0.29) is 11.7 Å². The summed E-state index contributed by atoms with van der Waals surface area (Å²) in [6.45, 7) is 5.97. The highest BCUT2D eigenvalue weighted by atomic mass is 16.6. The predicted molar refractivity (Wildman–Crippen MR) is 91.4 cm³/mol. The van der Waals surface area contributed by atoms with E-state index in [4.69, 9.17) is 9.26 Å². The van der Waals surface area contributed by atoms with Crippen LogP contribution in [0.1, 0.15) is 23.2 Å². The average molecular weight is 343 g/mol. The number of aryl methyl sites for hydroxylation is 1. The van der Waals surface area contributed by atoms with Crippen molar-refractivity contribution in [1.82, 2.24) is 10.1 Å². The van der Waals surface area contributed by atoms with Crippen molar-refractivity contribution in [2.45, 2.75) is 20.0 Å². The SMILES string of the molecule is Cc1cc(C(=O)O[C@@H](C)C(=O)N2CCN(c3ccccc3)CC2)on1. The van der Waals surface area contributed by atoms with Crippen LogP contribution in [-0.4, -0.2) is 54.2 Å². The largest absolute Gasteiger partial charge is 0.447 e. The molecule has 0 spiro atoms. The third-order valence-electron chi connectivity index (χ3n) is 4.17. The Morgan fingerprint density at radius 3 is 2.44 bits per heavy atom. The number of ether oxygens (including phenoxy) is 1. The van der Waals surface area contributed by atoms with Crippen molar-refractivity contribution in [1.29, 1.82) is 0 Å². The first-order valence-electron chi connectivity index (χ1n) is 8.27. The van der Waals surface area contributed by atoms with E-state index in [9.17, 15) is 9.59 Å². The third-order valence-corrected chi connectivity index (χ3v) is 4.17. The number of nitrogens with zero attached hydrogens (tertiary/aromatic N) is 3. The highest BCUT2D eigenvalue weighted by Crippen LogP contribution is 2.16. The number of benzene rings is 1. The van der Waals surface area contributed by atoms with Crippen molar-refractivity contribution >= 4 is 17.6 Å². The van der Waals surface area contributed by atoms with Crippen LogP contribution in [0.25, 0.3) is 0 Å². The van der Waals surface area contributed by atoms with E-state index in [0.717, 1.165) is 18.8 Å². The Labute approximate surface area is 146 Å². The fraction of sp³-hybridized carbons (Fsp3) is 0.389. The van der Waals surface area contributed by atoms with Crippen molar-refractivity contribution < 1.29 is 18.8 Å². The Morgan fingerprint density at radius 1 is 1.16 bits per heavy atom. The molecule has 0 saturated carbocycles. The molecule has 0 aliphatic carbocycles. The summed E-state index contributed by atoms with van der Waals surface area (Å²) in [5.74, 6) is -0.868. The number of rotatable bonds is 4. The number of hydrogen-bond acceptors (Lipinski definition) is 6. The fourth-order valence-corrected chi connectivity index (χ4v) is 2.81. The van der Waals surface area contributed by atoms with E-state index in [1.165, 1.54) is 6.07 Å². The first-order chi connectivity index (χ1) is 12.0. The van der Waals surface area contributed by atoms with Crippen LogP contribution in [0.5, 0.6) is 0 Å². The van der Waals surface area contributed by atoms with Gasteiger partial charge in [-0.05, 0) is 26.0 Å². The normalized spacial score (nSPS) is 15.8. The minimum Gasteiger partial charge on any atom is -0.447 e. The first-order valence-corrected chi connectivity index (χ1v) is 8.27. The van der Waals surface area contributed by atoms with Crippen molar-refractivity contribution in [3.05, 3.63) is 47.9 Å². The molecule has 1 atom stereocenters. The lowest BCUT2D eigenvalue weighted by atomic mass is 10.2. The summed E-state index contributed by atoms with van der Waals surface area (Å²) in [5.41, 5.74) is 1.73. The Bertz CT molecular complexity index is 736. The monoisotopic (exact) mass is 343 g/mol. The minimum atomic E-state index is -0.860. The molecule has 0 unspecified atom stereocenters. The molecule has 7 nitrogen and oxygen atoms in total. The molecule has 1 saturated heterocycles. The molecule has 1 aromatic heterocycles. The molecule has 1 fully saturated rings. The number of aromatic nitrogens is 1. The molecule has 132 valence electrons. The molecular formula is C18H21N3O4. The number of esters is 1. The molecule has 1 aromatic carbocycles. The van der Waals surface area contributed by atoms with Crippen LogP contribution in [0, 0.1) is 6.92 Å². The molecule has 0 radical (unpaired) electrons. The van der Waals surface area contributed by atoms with Gasteiger partial charge >= 0.3 is 5.97 Å². The van der Waals surface area contributed by atoms with Crippen LogP contribution >= 0.6 is 0 Å². The summed E-state index contributed by atoms with van der Waals surface area (Å²) in [5, 5.41) is 3.64. The van der Waals surface area contributed by atoms with Crippen molar-refractivity contribution in [3.8, 4) is 0 Å². The van der Waals surface area contributed by atoms with E-state index < -0.39 is 12.1 Å². The Kier molecular flexibility index (Phi) is 5.02. The highest BCUT2D eigenvalue weighted by Gasteiger charge is 2.28. The van der Waals surface area contributed by atoms with E-state index in [0.29, 0.717) is 18.8 Å². The van der Waals surface area contributed by atoms with Crippen LogP contribution in [0.4, 0.5) is 5.69 Å². The van der Waals surface area contributed by atoms with Gasteiger partial charge in [0.2, 0.25) is 5.76 Å². The summed E-state index contributed by atoms with van der Waals surface area (Å²) < 4.78 is 10.1. The maximum absolute atomic E-state index is 12.5. The summed E-state index contributed by atoms with van der Waals surface area (Å²) >= 11 is 0. The summed E-state index contributed by atoms with van der Waals surface area (Å²) in [6.07, 6.45) is -0.860. The van der Waals surface area contributed by atoms with Gasteiger partial charge in [0.15, 0.2) is 6.10 Å². The molecule has 25 heavy (non-hydrogen) atoms. The molecule has 1 aliphatic heterocycles. The molecular weight excluding hydrogens is 322 g/mol. The van der Waals surface area contributed by atoms with Gasteiger partial charge in [-0.3, -0.25) is 4.79 Å². The molecule has 3 rings (SSSR count). The molecule has 2 aromatic rings. The second-order valence-corrected chi connectivity index (χ2v) is 6.03. The summed E-state index contributed by atoms with van der Waals surface area (Å²) in [6, 6.07) is 11.6. The van der Waals surface area contributed by atoms with Gasteiger partial charge < -0.3 is 19.1 Å². The second kappa shape index (κ2) is 7.38. The molecule has 1 amide bonds. The number of carbonyl (C=O) groups is 2. The average Bonchev–Trinajstić information content (AvgIpc) is 3.08. The van der Waals surface area contributed by atoms with Crippen LogP contribution in [0.15, 0.2) is 40.9 Å². The quantitative estimate of drug-likeness (QED) is 0.789. The number of para-hydroxylation sites is 1. The van der Waals surface area contributed by atoms with Gasteiger partial charge in [-0.15, -0.1) is 0 Å². The molecule has 0 N–H and O–H groups in total. The third kappa shape index (κ3) is 3.99. The number of anilines is 1.